The van der Waals surface area contributed by atoms with Gasteiger partial charge < -0.3 is 25.2 Å². The smallest absolute Gasteiger partial charge is 0.410 e. The predicted octanol–water partition coefficient (Wildman–Crippen LogP) is 2.60. The molecule has 2 aliphatic rings. The highest BCUT2D eigenvalue weighted by atomic mass is 16.6. The molecule has 2 heterocycles. The fourth-order valence-electron chi connectivity index (χ4n) is 3.66. The van der Waals surface area contributed by atoms with Crippen LogP contribution in [0, 0.1) is 0 Å². The molecule has 2 amide bonds. The van der Waals surface area contributed by atoms with Crippen LogP contribution in [-0.2, 0) is 11.3 Å². The summed E-state index contributed by atoms with van der Waals surface area (Å²) in [4.78, 5) is 33.1. The van der Waals surface area contributed by atoms with E-state index >= 15 is 0 Å². The van der Waals surface area contributed by atoms with Gasteiger partial charge in [0.15, 0.2) is 5.96 Å². The fourth-order valence-corrected chi connectivity index (χ4v) is 3.66. The van der Waals surface area contributed by atoms with Crippen LogP contribution in [0.5, 0.6) is 0 Å². The summed E-state index contributed by atoms with van der Waals surface area (Å²) in [5.41, 5.74) is 1.28. The Morgan fingerprint density at radius 3 is 2.61 bits per heavy atom. The van der Waals surface area contributed by atoms with Crippen molar-refractivity contribution < 1.29 is 14.3 Å². The molecule has 1 fully saturated rings. The maximum absolute atomic E-state index is 12.3. The lowest BCUT2D eigenvalue weighted by atomic mass is 10.1. The first-order chi connectivity index (χ1) is 14.8. The number of amides is 2. The molecule has 0 aromatic heterocycles. The number of hydrogen-bond acceptors (Lipinski definition) is 6. The van der Waals surface area contributed by atoms with Crippen LogP contribution in [-0.4, -0.2) is 72.1 Å². The topological polar surface area (TPSA) is 86.3 Å². The molecule has 31 heavy (non-hydrogen) atoms. The van der Waals surface area contributed by atoms with Gasteiger partial charge in [-0.05, 0) is 44.9 Å². The number of piperazine rings is 1. The van der Waals surface area contributed by atoms with Gasteiger partial charge in [0.05, 0.1) is 12.6 Å². The number of aliphatic imine (C=N–C) groups is 1. The second-order valence-electron chi connectivity index (χ2n) is 9.10. The predicted molar refractivity (Wildman–Crippen MR) is 121 cm³/mol. The number of hydrogen-bond donors (Lipinski definition) is 2. The van der Waals surface area contributed by atoms with Crippen molar-refractivity contribution in [2.45, 2.75) is 58.7 Å². The van der Waals surface area contributed by atoms with E-state index in [4.69, 9.17) is 4.74 Å². The summed E-state index contributed by atoms with van der Waals surface area (Å²) in [5, 5.41) is 6.34. The molecule has 8 nitrogen and oxygen atoms in total. The zero-order chi connectivity index (χ0) is 22.4. The fraction of sp³-hybridized carbons (Fsp3) is 0.609. The van der Waals surface area contributed by atoms with Crippen LogP contribution in [0.4, 0.5) is 4.79 Å². The number of nitrogens with one attached hydrogen (secondary N) is 2. The number of carbonyl (C=O) groups is 2. The van der Waals surface area contributed by atoms with Crippen molar-refractivity contribution in [1.29, 1.82) is 0 Å². The van der Waals surface area contributed by atoms with Crippen molar-refractivity contribution in [3.63, 3.8) is 0 Å². The van der Waals surface area contributed by atoms with Gasteiger partial charge in [-0.2, -0.15) is 0 Å². The molecule has 3 rings (SSSR count). The van der Waals surface area contributed by atoms with Gasteiger partial charge in [0.2, 0.25) is 0 Å². The van der Waals surface area contributed by atoms with Crippen LogP contribution in [0.25, 0.3) is 0 Å². The highest BCUT2D eigenvalue weighted by molar-refractivity contribution is 5.94. The molecule has 0 spiro atoms. The molecular formula is C23H35N5O3. The van der Waals surface area contributed by atoms with Crippen LogP contribution in [0.2, 0.25) is 0 Å². The van der Waals surface area contributed by atoms with Gasteiger partial charge in [-0.15, -0.1) is 0 Å². The first-order valence-electron chi connectivity index (χ1n) is 11.2. The van der Waals surface area contributed by atoms with Crippen molar-refractivity contribution in [2.24, 2.45) is 4.99 Å². The molecule has 8 heteroatoms. The minimum absolute atomic E-state index is 0.0289. The van der Waals surface area contributed by atoms with Gasteiger partial charge in [0.25, 0.3) is 5.91 Å². The molecule has 1 aromatic carbocycles. The molecule has 0 aliphatic carbocycles. The lowest BCUT2D eigenvalue weighted by molar-refractivity contribution is 0.0137. The molecule has 170 valence electrons. The molecule has 1 atom stereocenters. The Hall–Kier alpha value is -2.77. The molecule has 1 saturated heterocycles. The minimum Gasteiger partial charge on any atom is -0.444 e. The van der Waals surface area contributed by atoms with E-state index in [1.807, 2.05) is 45.0 Å². The third kappa shape index (κ3) is 6.35. The zero-order valence-electron chi connectivity index (χ0n) is 19.1. The number of guanidine groups is 1. The quantitative estimate of drug-likeness (QED) is 0.679. The van der Waals surface area contributed by atoms with Crippen molar-refractivity contribution in [1.82, 2.24) is 20.4 Å². The van der Waals surface area contributed by atoms with Crippen molar-refractivity contribution in [3.05, 3.63) is 35.4 Å². The maximum Gasteiger partial charge on any atom is 0.410 e. The van der Waals surface area contributed by atoms with E-state index in [1.165, 1.54) is 0 Å². The average molecular weight is 430 g/mol. The summed E-state index contributed by atoms with van der Waals surface area (Å²) in [6.45, 7) is 11.7. The highest BCUT2D eigenvalue weighted by Gasteiger charge is 2.36. The number of ether oxygens (including phenoxy) is 1. The van der Waals surface area contributed by atoms with Crippen LogP contribution < -0.4 is 10.6 Å². The summed E-state index contributed by atoms with van der Waals surface area (Å²) in [6, 6.07) is 7.83. The molecular weight excluding hydrogens is 394 g/mol. The molecule has 1 unspecified atom stereocenters. The molecule has 2 aliphatic heterocycles. The zero-order valence-corrected chi connectivity index (χ0v) is 19.1. The van der Waals surface area contributed by atoms with E-state index in [9.17, 15) is 9.59 Å². The number of fused-ring (bicyclic) bond motifs is 1. The summed E-state index contributed by atoms with van der Waals surface area (Å²) in [6.07, 6.45) is 1.79. The van der Waals surface area contributed by atoms with Gasteiger partial charge in [0.1, 0.15) is 5.60 Å². The normalized spacial score (nSPS) is 18.3. The highest BCUT2D eigenvalue weighted by Crippen LogP contribution is 2.19. The van der Waals surface area contributed by atoms with Gasteiger partial charge in [-0.1, -0.05) is 25.5 Å². The third-order valence-corrected chi connectivity index (χ3v) is 5.34. The Balaban J connectivity index is 1.46. The van der Waals surface area contributed by atoms with Crippen LogP contribution in [0.1, 0.15) is 56.5 Å². The van der Waals surface area contributed by atoms with E-state index in [0.717, 1.165) is 30.9 Å². The van der Waals surface area contributed by atoms with Gasteiger partial charge >= 0.3 is 6.09 Å². The number of benzene rings is 1. The first kappa shape index (κ1) is 22.9. The van der Waals surface area contributed by atoms with E-state index < -0.39 is 5.60 Å². The monoisotopic (exact) mass is 429 g/mol. The maximum atomic E-state index is 12.3. The van der Waals surface area contributed by atoms with Gasteiger partial charge in [-0.25, -0.2) is 4.79 Å². The molecule has 0 radical (unpaired) electrons. The number of rotatable bonds is 6. The second kappa shape index (κ2) is 10.0. The summed E-state index contributed by atoms with van der Waals surface area (Å²) >= 11 is 0. The summed E-state index contributed by atoms with van der Waals surface area (Å²) < 4.78 is 5.50. The Kier molecular flexibility index (Phi) is 7.41. The van der Waals surface area contributed by atoms with Crippen LogP contribution >= 0.6 is 0 Å². The Morgan fingerprint density at radius 2 is 1.94 bits per heavy atom. The SMILES string of the molecule is CCCCNC(=O)c1ccc(CNC2=NCC3CN(C(=O)OC(C)(C)C)CCN23)cc1. The Labute approximate surface area is 185 Å². The lowest BCUT2D eigenvalue weighted by Gasteiger charge is -2.39. The molecule has 0 saturated carbocycles. The Bertz CT molecular complexity index is 800. The second-order valence-corrected chi connectivity index (χ2v) is 9.10. The first-order valence-corrected chi connectivity index (χ1v) is 11.2. The van der Waals surface area contributed by atoms with Crippen LogP contribution in [0.3, 0.4) is 0 Å². The molecule has 0 bridgehead atoms. The lowest BCUT2D eigenvalue weighted by Crippen LogP contribution is -2.57. The number of nitrogens with zero attached hydrogens (tertiary/aromatic N) is 3. The Morgan fingerprint density at radius 1 is 1.19 bits per heavy atom. The third-order valence-electron chi connectivity index (χ3n) is 5.34. The number of carbonyl (C=O) groups excluding carboxylic acids is 2. The van der Waals surface area contributed by atoms with Gasteiger partial charge in [-0.3, -0.25) is 9.79 Å². The van der Waals surface area contributed by atoms with E-state index in [-0.39, 0.29) is 18.0 Å². The van der Waals surface area contributed by atoms with E-state index in [0.29, 0.717) is 38.3 Å². The van der Waals surface area contributed by atoms with Gasteiger partial charge in [0, 0.05) is 38.3 Å². The van der Waals surface area contributed by atoms with Crippen LogP contribution in [0.15, 0.2) is 29.3 Å². The number of unbranched alkanes of at least 4 members (excludes halogenated alkanes) is 1. The van der Waals surface area contributed by atoms with Crippen molar-refractivity contribution in [3.8, 4) is 0 Å². The minimum atomic E-state index is -0.487. The molecule has 2 N–H and O–H groups in total. The summed E-state index contributed by atoms with van der Waals surface area (Å²) in [5.74, 6) is 0.842. The van der Waals surface area contributed by atoms with E-state index in [2.05, 4.69) is 27.4 Å². The van der Waals surface area contributed by atoms with E-state index in [1.54, 1.807) is 4.90 Å². The standard InChI is InChI=1S/C23H35N5O3/c1-5-6-11-24-20(29)18-9-7-17(8-10-18)14-25-21-26-15-19-16-27(12-13-28(19)21)22(30)31-23(2,3)4/h7-10,19H,5-6,11-16H2,1-4H3,(H,24,29)(H,25,26). The average Bonchev–Trinajstić information content (AvgIpc) is 3.14. The molecule has 1 aromatic rings. The van der Waals surface area contributed by atoms with Crippen molar-refractivity contribution >= 4 is 18.0 Å². The van der Waals surface area contributed by atoms with Crippen molar-refractivity contribution in [2.75, 3.05) is 32.7 Å². The largest absolute Gasteiger partial charge is 0.444 e. The summed E-state index contributed by atoms with van der Waals surface area (Å²) in [7, 11) is 0.